The number of carboxylic acid groups (broad SMARTS) is 1. The Morgan fingerprint density at radius 3 is 2.70 bits per heavy atom. The Kier molecular flexibility index (Phi) is 5.22. The molecule has 2 aliphatic rings. The number of anilines is 1. The van der Waals surface area contributed by atoms with E-state index >= 15 is 0 Å². The zero-order valence-corrected chi connectivity index (χ0v) is 18.4. The smallest absolute Gasteiger partial charge is 0.337 e. The minimum Gasteiger partial charge on any atom is -0.493 e. The van der Waals surface area contributed by atoms with Gasteiger partial charge in [0, 0.05) is 23.4 Å². The first-order chi connectivity index (χ1) is 14.2. The summed E-state index contributed by atoms with van der Waals surface area (Å²) in [6, 6.07) is 4.08. The van der Waals surface area contributed by atoms with Gasteiger partial charge >= 0.3 is 5.97 Å². The Morgan fingerprint density at radius 2 is 2.00 bits per heavy atom. The first-order valence-corrected chi connectivity index (χ1v) is 10.6. The lowest BCUT2D eigenvalue weighted by Gasteiger charge is -2.29. The van der Waals surface area contributed by atoms with Crippen LogP contribution in [0.2, 0.25) is 0 Å². The van der Waals surface area contributed by atoms with Crippen LogP contribution in [-0.4, -0.2) is 34.8 Å². The number of pyridine rings is 1. The van der Waals surface area contributed by atoms with Crippen LogP contribution in [-0.2, 0) is 22.4 Å². The third-order valence-corrected chi connectivity index (χ3v) is 5.81. The molecule has 6 nitrogen and oxygen atoms in total. The van der Waals surface area contributed by atoms with E-state index < -0.39 is 17.7 Å². The van der Waals surface area contributed by atoms with Crippen molar-refractivity contribution < 1.29 is 19.4 Å². The van der Waals surface area contributed by atoms with Gasteiger partial charge in [-0.25, -0.2) is 9.78 Å². The Bertz CT molecular complexity index is 1010. The average molecular weight is 411 g/mol. The summed E-state index contributed by atoms with van der Waals surface area (Å²) in [7, 11) is 0. The van der Waals surface area contributed by atoms with Crippen LogP contribution >= 0.6 is 0 Å². The maximum absolute atomic E-state index is 12.3. The lowest BCUT2D eigenvalue weighted by molar-refractivity contribution is -0.160. The zero-order valence-electron chi connectivity index (χ0n) is 18.4. The molecule has 1 aromatic carbocycles. The SMILES string of the molecule is Cc1nc2c(c(-c3ccc4c(c3C)CCCO4)c1[C@H](OC(C)(C)C)C(=O)O)CCN2. The summed E-state index contributed by atoms with van der Waals surface area (Å²) in [4.78, 5) is 17.1. The molecular weight excluding hydrogens is 380 g/mol. The second kappa shape index (κ2) is 7.58. The van der Waals surface area contributed by atoms with Crippen LogP contribution in [0.5, 0.6) is 5.75 Å². The summed E-state index contributed by atoms with van der Waals surface area (Å²) in [6.07, 6.45) is 1.67. The average Bonchev–Trinajstić information content (AvgIpc) is 3.13. The number of hydrogen-bond donors (Lipinski definition) is 2. The van der Waals surface area contributed by atoms with E-state index in [-0.39, 0.29) is 0 Å². The van der Waals surface area contributed by atoms with Crippen LogP contribution in [0.1, 0.15) is 61.2 Å². The van der Waals surface area contributed by atoms with Crippen molar-refractivity contribution in [2.45, 2.75) is 65.6 Å². The number of nitrogens with zero attached hydrogens (tertiary/aromatic N) is 1. The summed E-state index contributed by atoms with van der Waals surface area (Å²) >= 11 is 0. The molecule has 2 N–H and O–H groups in total. The highest BCUT2D eigenvalue weighted by molar-refractivity contribution is 5.86. The molecule has 2 aromatic rings. The van der Waals surface area contributed by atoms with E-state index in [4.69, 9.17) is 14.5 Å². The molecule has 6 heteroatoms. The van der Waals surface area contributed by atoms with Crippen molar-refractivity contribution in [3.05, 3.63) is 40.1 Å². The Morgan fingerprint density at radius 1 is 1.23 bits per heavy atom. The summed E-state index contributed by atoms with van der Waals surface area (Å²) in [5.41, 5.74) is 6.15. The van der Waals surface area contributed by atoms with Gasteiger partial charge in [-0.2, -0.15) is 0 Å². The molecule has 0 aliphatic carbocycles. The molecule has 0 fully saturated rings. The van der Waals surface area contributed by atoms with Crippen LogP contribution < -0.4 is 10.1 Å². The van der Waals surface area contributed by atoms with E-state index in [9.17, 15) is 9.90 Å². The zero-order chi connectivity index (χ0) is 21.6. The number of nitrogens with one attached hydrogen (secondary N) is 1. The summed E-state index contributed by atoms with van der Waals surface area (Å²) in [5.74, 6) is 0.783. The molecule has 0 amide bonds. The van der Waals surface area contributed by atoms with E-state index in [0.29, 0.717) is 11.3 Å². The fourth-order valence-corrected chi connectivity index (χ4v) is 4.55. The summed E-state index contributed by atoms with van der Waals surface area (Å²) in [5, 5.41) is 13.5. The minimum absolute atomic E-state index is 0.608. The molecule has 4 rings (SSSR count). The third kappa shape index (κ3) is 3.65. The van der Waals surface area contributed by atoms with Crippen LogP contribution in [0.4, 0.5) is 5.82 Å². The van der Waals surface area contributed by atoms with Gasteiger partial charge in [0.2, 0.25) is 0 Å². The van der Waals surface area contributed by atoms with Gasteiger partial charge < -0.3 is 19.9 Å². The Labute approximate surface area is 177 Å². The highest BCUT2D eigenvalue weighted by Crippen LogP contribution is 2.44. The number of fused-ring (bicyclic) bond motifs is 2. The number of benzene rings is 1. The van der Waals surface area contributed by atoms with Gasteiger partial charge in [0.05, 0.1) is 12.2 Å². The van der Waals surface area contributed by atoms with Crippen LogP contribution in [0, 0.1) is 13.8 Å². The fourth-order valence-electron chi connectivity index (χ4n) is 4.55. The number of aliphatic carboxylic acids is 1. The highest BCUT2D eigenvalue weighted by Gasteiger charge is 2.35. The normalized spacial score (nSPS) is 16.3. The van der Waals surface area contributed by atoms with E-state index in [1.54, 1.807) is 0 Å². The monoisotopic (exact) mass is 410 g/mol. The maximum atomic E-state index is 12.3. The second-order valence-corrected chi connectivity index (χ2v) is 9.11. The Balaban J connectivity index is 1.99. The van der Waals surface area contributed by atoms with Crippen molar-refractivity contribution in [3.8, 4) is 16.9 Å². The van der Waals surface area contributed by atoms with Crippen molar-refractivity contribution >= 4 is 11.8 Å². The standard InChI is InChI=1S/C24H30N2O4/c1-13-15-7-6-12-29-18(15)9-8-16(13)20-17-10-11-25-22(17)26-14(2)19(20)21(23(27)28)30-24(3,4)5/h8-9,21H,6-7,10-12H2,1-5H3,(H,25,26)(H,27,28)/t21-/m0/s1. The topological polar surface area (TPSA) is 80.7 Å². The summed E-state index contributed by atoms with van der Waals surface area (Å²) in [6.45, 7) is 11.1. The van der Waals surface area contributed by atoms with E-state index in [1.165, 1.54) is 5.56 Å². The molecule has 0 saturated heterocycles. The molecule has 0 spiro atoms. The maximum Gasteiger partial charge on any atom is 0.337 e. The van der Waals surface area contributed by atoms with Gasteiger partial charge in [-0.15, -0.1) is 0 Å². The molecule has 2 aliphatic heterocycles. The number of carboxylic acids is 1. The lowest BCUT2D eigenvalue weighted by atomic mass is 9.85. The van der Waals surface area contributed by atoms with Gasteiger partial charge in [0.1, 0.15) is 11.6 Å². The van der Waals surface area contributed by atoms with Crippen molar-refractivity contribution in [1.29, 1.82) is 0 Å². The Hall–Kier alpha value is -2.60. The van der Waals surface area contributed by atoms with E-state index in [0.717, 1.165) is 66.2 Å². The number of hydrogen-bond acceptors (Lipinski definition) is 5. The van der Waals surface area contributed by atoms with Crippen LogP contribution in [0.15, 0.2) is 12.1 Å². The van der Waals surface area contributed by atoms with Gasteiger partial charge in [0.15, 0.2) is 6.10 Å². The number of rotatable bonds is 4. The lowest BCUT2D eigenvalue weighted by Crippen LogP contribution is -2.28. The van der Waals surface area contributed by atoms with Crippen LogP contribution in [0.25, 0.3) is 11.1 Å². The van der Waals surface area contributed by atoms with Gasteiger partial charge in [-0.3, -0.25) is 0 Å². The minimum atomic E-state index is -1.09. The highest BCUT2D eigenvalue weighted by atomic mass is 16.5. The van der Waals surface area contributed by atoms with Crippen molar-refractivity contribution in [2.75, 3.05) is 18.5 Å². The number of carbonyl (C=O) groups is 1. The molecule has 1 aromatic heterocycles. The molecule has 0 bridgehead atoms. The molecule has 30 heavy (non-hydrogen) atoms. The quantitative estimate of drug-likeness (QED) is 0.767. The van der Waals surface area contributed by atoms with E-state index in [2.05, 4.69) is 18.3 Å². The number of aromatic nitrogens is 1. The molecule has 3 heterocycles. The first kappa shape index (κ1) is 20.7. The van der Waals surface area contributed by atoms with E-state index in [1.807, 2.05) is 33.8 Å². The molecule has 0 unspecified atom stereocenters. The van der Waals surface area contributed by atoms with Crippen molar-refractivity contribution in [1.82, 2.24) is 4.98 Å². The fraction of sp³-hybridized carbons (Fsp3) is 0.500. The number of aryl methyl sites for hydroxylation is 1. The molecule has 0 saturated carbocycles. The van der Waals surface area contributed by atoms with Crippen molar-refractivity contribution in [2.24, 2.45) is 0 Å². The van der Waals surface area contributed by atoms with Gasteiger partial charge in [0.25, 0.3) is 0 Å². The molecule has 160 valence electrons. The molecular formula is C24H30N2O4. The number of ether oxygens (including phenoxy) is 2. The third-order valence-electron chi connectivity index (χ3n) is 5.81. The van der Waals surface area contributed by atoms with Gasteiger partial charge in [-0.05, 0) is 82.2 Å². The molecule has 0 radical (unpaired) electrons. The van der Waals surface area contributed by atoms with Crippen LogP contribution in [0.3, 0.4) is 0 Å². The molecule has 1 atom stereocenters. The second-order valence-electron chi connectivity index (χ2n) is 9.11. The van der Waals surface area contributed by atoms with Gasteiger partial charge in [-0.1, -0.05) is 6.07 Å². The predicted octanol–water partition coefficient (Wildman–Crippen LogP) is 4.60. The van der Waals surface area contributed by atoms with Crippen molar-refractivity contribution in [3.63, 3.8) is 0 Å². The predicted molar refractivity (Wildman–Crippen MR) is 116 cm³/mol. The largest absolute Gasteiger partial charge is 0.493 e. The summed E-state index contributed by atoms with van der Waals surface area (Å²) < 4.78 is 11.9. The first-order valence-electron chi connectivity index (χ1n) is 10.6.